The van der Waals surface area contributed by atoms with Crippen molar-refractivity contribution in [1.29, 1.82) is 0 Å². The molecule has 23 heavy (non-hydrogen) atoms. The fraction of sp³-hybridized carbons (Fsp3) is 0.667. The Morgan fingerprint density at radius 2 is 2.09 bits per heavy atom. The van der Waals surface area contributed by atoms with Gasteiger partial charge in [-0.15, -0.1) is 10.2 Å². The van der Waals surface area contributed by atoms with Crippen LogP contribution in [0.1, 0.15) is 61.1 Å². The molecule has 2 aliphatic rings. The van der Waals surface area contributed by atoms with E-state index in [-0.39, 0.29) is 6.10 Å². The zero-order chi connectivity index (χ0) is 15.6. The number of hydrogen-bond donors (Lipinski definition) is 1. The largest absolute Gasteiger partial charge is 0.370 e. The lowest BCUT2D eigenvalue weighted by Gasteiger charge is -2.21. The Hall–Kier alpha value is -1.54. The number of rotatable bonds is 4. The van der Waals surface area contributed by atoms with Gasteiger partial charge in [-0.05, 0) is 38.5 Å². The Balaban J connectivity index is 1.45. The number of nitrogen functional groups attached to an aromatic ring is 1. The van der Waals surface area contributed by atoms with Gasteiger partial charge in [0.25, 0.3) is 0 Å². The molecule has 0 spiro atoms. The van der Waals surface area contributed by atoms with Gasteiger partial charge >= 0.3 is 0 Å². The molecule has 2 aromatic rings. The summed E-state index contributed by atoms with van der Waals surface area (Å²) in [5.74, 6) is 8.64. The van der Waals surface area contributed by atoms with Gasteiger partial charge in [0, 0.05) is 24.3 Å². The molecule has 1 saturated heterocycles. The van der Waals surface area contributed by atoms with Gasteiger partial charge in [-0.3, -0.25) is 0 Å². The van der Waals surface area contributed by atoms with Crippen LogP contribution in [0.4, 0.5) is 0 Å². The minimum atomic E-state index is -0.0320. The second-order valence-corrected chi connectivity index (χ2v) is 7.04. The van der Waals surface area contributed by atoms with Gasteiger partial charge < -0.3 is 15.1 Å². The maximum Gasteiger partial charge on any atom is 0.210 e. The first kappa shape index (κ1) is 15.0. The Kier molecular flexibility index (Phi) is 4.26. The minimum Gasteiger partial charge on any atom is -0.370 e. The number of aryl methyl sites for hydroxylation is 1. The summed E-state index contributed by atoms with van der Waals surface area (Å²) in [4.78, 5) is 0. The molecule has 1 unspecified atom stereocenters. The van der Waals surface area contributed by atoms with Crippen LogP contribution in [0, 0.1) is 0 Å². The number of thioether (sulfide) groups is 1. The molecule has 3 heterocycles. The highest BCUT2D eigenvalue weighted by Gasteiger charge is 2.24. The van der Waals surface area contributed by atoms with Gasteiger partial charge in [-0.1, -0.05) is 16.9 Å². The van der Waals surface area contributed by atoms with Crippen molar-refractivity contribution in [2.45, 2.75) is 62.0 Å². The number of fused-ring (bicyclic) bond motifs is 1. The van der Waals surface area contributed by atoms with Crippen LogP contribution in [-0.4, -0.2) is 26.6 Å². The fourth-order valence-corrected chi connectivity index (χ4v) is 4.07. The lowest BCUT2D eigenvalue weighted by atomic mass is 9.97. The van der Waals surface area contributed by atoms with Crippen molar-refractivity contribution >= 4 is 11.8 Å². The minimum absolute atomic E-state index is 0.0320. The van der Waals surface area contributed by atoms with E-state index in [0.29, 0.717) is 10.9 Å². The molecule has 1 atom stereocenters. The van der Waals surface area contributed by atoms with Gasteiger partial charge in [0.05, 0.1) is 5.69 Å². The summed E-state index contributed by atoms with van der Waals surface area (Å²) in [6.07, 6.45) is 7.64. The second-order valence-electron chi connectivity index (χ2n) is 6.09. The predicted octanol–water partition coefficient (Wildman–Crippen LogP) is 2.39. The van der Waals surface area contributed by atoms with Gasteiger partial charge in [-0.2, -0.15) is 0 Å². The molecule has 2 N–H and O–H groups in total. The molecule has 1 aliphatic carbocycles. The van der Waals surface area contributed by atoms with E-state index in [2.05, 4.69) is 15.4 Å². The van der Waals surface area contributed by atoms with Crippen LogP contribution in [0.15, 0.2) is 9.68 Å². The molecular weight excluding hydrogens is 314 g/mol. The molecule has 0 bridgehead atoms. The van der Waals surface area contributed by atoms with E-state index in [1.54, 1.807) is 16.4 Å². The topological polar surface area (TPSA) is 92.0 Å². The number of aromatic nitrogens is 4. The van der Waals surface area contributed by atoms with E-state index >= 15 is 0 Å². The van der Waals surface area contributed by atoms with Crippen LogP contribution in [0.3, 0.4) is 0 Å². The standard InChI is InChI=1S/C15H21N5O2S/c16-20-14(13-7-3-4-8-21-13)17-18-15(20)23-9-11-10-5-1-2-6-12(10)22-19-11/h13H,1-9,16H2. The maximum absolute atomic E-state index is 6.16. The van der Waals surface area contributed by atoms with Crippen LogP contribution in [0.25, 0.3) is 0 Å². The third-order valence-corrected chi connectivity index (χ3v) is 5.48. The van der Waals surface area contributed by atoms with Crippen molar-refractivity contribution in [1.82, 2.24) is 20.0 Å². The molecule has 1 aliphatic heterocycles. The smallest absolute Gasteiger partial charge is 0.210 e. The summed E-state index contributed by atoms with van der Waals surface area (Å²) < 4.78 is 12.8. The Morgan fingerprint density at radius 1 is 1.17 bits per heavy atom. The summed E-state index contributed by atoms with van der Waals surface area (Å²) in [5, 5.41) is 13.4. The zero-order valence-corrected chi connectivity index (χ0v) is 13.8. The van der Waals surface area contributed by atoms with Crippen molar-refractivity contribution < 1.29 is 9.26 Å². The lowest BCUT2D eigenvalue weighted by Crippen LogP contribution is -2.21. The number of ether oxygens (including phenoxy) is 1. The Labute approximate surface area is 138 Å². The highest BCUT2D eigenvalue weighted by molar-refractivity contribution is 7.98. The van der Waals surface area contributed by atoms with Crippen molar-refractivity contribution in [2.75, 3.05) is 12.4 Å². The van der Waals surface area contributed by atoms with Crippen molar-refractivity contribution in [2.24, 2.45) is 0 Å². The average Bonchev–Trinajstić information content (AvgIpc) is 3.17. The monoisotopic (exact) mass is 335 g/mol. The highest BCUT2D eigenvalue weighted by Crippen LogP contribution is 2.31. The van der Waals surface area contributed by atoms with Crippen LogP contribution >= 0.6 is 11.8 Å². The molecule has 0 radical (unpaired) electrons. The first-order valence-corrected chi connectivity index (χ1v) is 9.22. The Bertz CT molecular complexity index is 677. The number of nitrogens with zero attached hydrogens (tertiary/aromatic N) is 4. The maximum atomic E-state index is 6.16. The van der Waals surface area contributed by atoms with Crippen molar-refractivity contribution in [3.63, 3.8) is 0 Å². The molecule has 0 amide bonds. The van der Waals surface area contributed by atoms with Gasteiger partial charge in [-0.25, -0.2) is 4.68 Å². The molecule has 124 valence electrons. The molecule has 4 rings (SSSR count). The second kappa shape index (κ2) is 6.52. The molecule has 8 heteroatoms. The predicted molar refractivity (Wildman–Crippen MR) is 85.4 cm³/mol. The normalized spacial score (nSPS) is 21.3. The van der Waals surface area contributed by atoms with Crippen LogP contribution in [-0.2, 0) is 23.3 Å². The summed E-state index contributed by atoms with van der Waals surface area (Å²) >= 11 is 1.55. The fourth-order valence-electron chi connectivity index (χ4n) is 3.25. The molecule has 0 saturated carbocycles. The van der Waals surface area contributed by atoms with E-state index in [4.69, 9.17) is 15.1 Å². The number of nitrogens with two attached hydrogens (primary N) is 1. The summed E-state index contributed by atoms with van der Waals surface area (Å²) in [7, 11) is 0. The van der Waals surface area contributed by atoms with E-state index in [1.807, 2.05) is 0 Å². The van der Waals surface area contributed by atoms with Crippen molar-refractivity contribution in [3.05, 3.63) is 22.8 Å². The first-order valence-electron chi connectivity index (χ1n) is 8.24. The van der Waals surface area contributed by atoms with Crippen LogP contribution in [0.2, 0.25) is 0 Å². The molecular formula is C15H21N5O2S. The molecule has 2 aromatic heterocycles. The van der Waals surface area contributed by atoms with Crippen LogP contribution in [0.5, 0.6) is 0 Å². The molecule has 0 aromatic carbocycles. The van der Waals surface area contributed by atoms with E-state index < -0.39 is 0 Å². The van der Waals surface area contributed by atoms with Gasteiger partial charge in [0.2, 0.25) is 5.16 Å². The van der Waals surface area contributed by atoms with Crippen molar-refractivity contribution in [3.8, 4) is 0 Å². The van der Waals surface area contributed by atoms with Crippen LogP contribution < -0.4 is 5.84 Å². The first-order chi connectivity index (χ1) is 11.3. The van der Waals surface area contributed by atoms with E-state index in [1.165, 1.54) is 18.4 Å². The molecule has 7 nitrogen and oxygen atoms in total. The average molecular weight is 335 g/mol. The van der Waals surface area contributed by atoms with E-state index in [9.17, 15) is 0 Å². The summed E-state index contributed by atoms with van der Waals surface area (Å²) in [6, 6.07) is 0. The quantitative estimate of drug-likeness (QED) is 0.677. The Morgan fingerprint density at radius 3 is 2.96 bits per heavy atom. The highest BCUT2D eigenvalue weighted by atomic mass is 32.2. The van der Waals surface area contributed by atoms with E-state index in [0.717, 1.165) is 56.0 Å². The SMILES string of the molecule is Nn1c(SCc2noc3c2CCCC3)nnc1C1CCCCO1. The third kappa shape index (κ3) is 2.97. The number of hydrogen-bond acceptors (Lipinski definition) is 7. The third-order valence-electron chi connectivity index (χ3n) is 4.53. The van der Waals surface area contributed by atoms with Gasteiger partial charge in [0.15, 0.2) is 5.82 Å². The summed E-state index contributed by atoms with van der Waals surface area (Å²) in [5.41, 5.74) is 2.30. The zero-order valence-electron chi connectivity index (χ0n) is 13.0. The lowest BCUT2D eigenvalue weighted by molar-refractivity contribution is 0.00780. The van der Waals surface area contributed by atoms with Gasteiger partial charge in [0.1, 0.15) is 11.9 Å². The molecule has 1 fully saturated rings. The summed E-state index contributed by atoms with van der Waals surface area (Å²) in [6.45, 7) is 0.769.